The largest absolute Gasteiger partial charge is 0.491 e. The molecule has 8 nitrogen and oxygen atoms in total. The van der Waals surface area contributed by atoms with Gasteiger partial charge in [-0.25, -0.2) is 0 Å². The van der Waals surface area contributed by atoms with E-state index in [-0.39, 0.29) is 12.5 Å². The van der Waals surface area contributed by atoms with Gasteiger partial charge in [0.05, 0.1) is 0 Å². The molecule has 2 aromatic rings. The van der Waals surface area contributed by atoms with Gasteiger partial charge in [-0.3, -0.25) is 4.79 Å². The van der Waals surface area contributed by atoms with Crippen molar-refractivity contribution in [3.63, 3.8) is 0 Å². The Hall–Kier alpha value is -2.45. The van der Waals surface area contributed by atoms with Crippen molar-refractivity contribution in [2.24, 2.45) is 0 Å². The van der Waals surface area contributed by atoms with Gasteiger partial charge in [-0.2, -0.15) is 4.98 Å². The number of ether oxygens (including phenoxy) is 1. The summed E-state index contributed by atoms with van der Waals surface area (Å²) in [7, 11) is 0. The molecule has 0 aliphatic heterocycles. The molecular formula is C16H22N4O4. The van der Waals surface area contributed by atoms with Gasteiger partial charge < -0.3 is 25.0 Å². The number of rotatable bonds is 8. The summed E-state index contributed by atoms with van der Waals surface area (Å²) in [5, 5.41) is 19.1. The highest BCUT2D eigenvalue weighted by atomic mass is 16.5. The molecule has 1 aromatic heterocycles. The molecule has 1 atom stereocenters. The number of aromatic nitrogens is 2. The summed E-state index contributed by atoms with van der Waals surface area (Å²) < 4.78 is 10.3. The Morgan fingerprint density at radius 2 is 2.04 bits per heavy atom. The lowest BCUT2D eigenvalue weighted by Crippen LogP contribution is -2.35. The molecule has 2 rings (SSSR count). The van der Waals surface area contributed by atoms with Gasteiger partial charge in [-0.1, -0.05) is 19.0 Å². The minimum absolute atomic E-state index is 0.0893. The number of anilines is 1. The van der Waals surface area contributed by atoms with E-state index in [1.807, 2.05) is 13.8 Å². The second-order valence-electron chi connectivity index (χ2n) is 5.65. The monoisotopic (exact) mass is 334 g/mol. The first-order valence-electron chi connectivity index (χ1n) is 7.70. The number of nitrogens with zero attached hydrogens (tertiary/aromatic N) is 2. The summed E-state index contributed by atoms with van der Waals surface area (Å²) in [4.78, 5) is 15.7. The van der Waals surface area contributed by atoms with Crippen LogP contribution in [0.2, 0.25) is 0 Å². The molecule has 0 radical (unpaired) electrons. The highest BCUT2D eigenvalue weighted by Gasteiger charge is 2.13. The Balaban J connectivity index is 1.81. The van der Waals surface area contributed by atoms with Crippen LogP contribution in [0.3, 0.4) is 0 Å². The molecule has 0 aliphatic rings. The number of hydrogen-bond acceptors (Lipinski definition) is 7. The number of benzene rings is 1. The van der Waals surface area contributed by atoms with Gasteiger partial charge >= 0.3 is 11.8 Å². The van der Waals surface area contributed by atoms with E-state index in [1.54, 1.807) is 31.2 Å². The highest BCUT2D eigenvalue weighted by Crippen LogP contribution is 2.16. The number of nitrogens with one attached hydrogen (secondary N) is 2. The Morgan fingerprint density at radius 3 is 2.62 bits per heavy atom. The minimum atomic E-state index is -0.590. The lowest BCUT2D eigenvalue weighted by molar-refractivity contribution is 0.0981. The summed E-state index contributed by atoms with van der Waals surface area (Å²) in [6.07, 6.45) is -0.590. The Morgan fingerprint density at radius 1 is 1.33 bits per heavy atom. The van der Waals surface area contributed by atoms with Crippen LogP contribution in [-0.2, 0) is 0 Å². The maximum Gasteiger partial charge on any atom is 0.316 e. The summed E-state index contributed by atoms with van der Waals surface area (Å²) in [5.41, 5.74) is 0.574. The van der Waals surface area contributed by atoms with E-state index in [0.29, 0.717) is 29.8 Å². The summed E-state index contributed by atoms with van der Waals surface area (Å²) >= 11 is 0. The Kier molecular flexibility index (Phi) is 6.28. The SMILES string of the molecule is Cc1noc(C(=O)Nc2ccc(OC[C@H](O)CNC(C)C)cc2)n1. The lowest BCUT2D eigenvalue weighted by Gasteiger charge is -2.15. The number of carbonyl (C=O) groups is 1. The average Bonchev–Trinajstić information content (AvgIpc) is 2.99. The van der Waals surface area contributed by atoms with Gasteiger partial charge in [0.15, 0.2) is 5.82 Å². The molecular weight excluding hydrogens is 312 g/mol. The predicted octanol–water partition coefficient (Wildman–Crippen LogP) is 1.37. The van der Waals surface area contributed by atoms with Crippen LogP contribution in [-0.4, -0.2) is 46.5 Å². The molecule has 0 bridgehead atoms. The standard InChI is InChI=1S/C16H22N4O4/c1-10(2)17-8-13(21)9-23-14-6-4-12(5-7-14)19-15(22)16-18-11(3)20-24-16/h4-7,10,13,17,21H,8-9H2,1-3H3,(H,19,22)/t13-/m1/s1. The van der Waals surface area contributed by atoms with Crippen molar-refractivity contribution in [1.82, 2.24) is 15.5 Å². The Labute approximate surface area is 140 Å². The molecule has 1 amide bonds. The zero-order chi connectivity index (χ0) is 17.5. The van der Waals surface area contributed by atoms with Gasteiger partial charge in [-0.05, 0) is 31.2 Å². The van der Waals surface area contributed by atoms with Crippen molar-refractivity contribution in [1.29, 1.82) is 0 Å². The number of amides is 1. The molecule has 0 spiro atoms. The van der Waals surface area contributed by atoms with Gasteiger partial charge in [0.25, 0.3) is 0 Å². The first kappa shape index (κ1) is 17.9. The molecule has 1 aromatic carbocycles. The third-order valence-corrected chi connectivity index (χ3v) is 3.04. The highest BCUT2D eigenvalue weighted by molar-refractivity contribution is 6.00. The lowest BCUT2D eigenvalue weighted by atomic mass is 10.3. The van der Waals surface area contributed by atoms with Crippen LogP contribution in [0.1, 0.15) is 30.4 Å². The van der Waals surface area contributed by atoms with Crippen molar-refractivity contribution in [3.8, 4) is 5.75 Å². The van der Waals surface area contributed by atoms with Gasteiger partial charge in [0.2, 0.25) is 0 Å². The molecule has 0 saturated heterocycles. The third-order valence-electron chi connectivity index (χ3n) is 3.04. The molecule has 130 valence electrons. The number of hydrogen-bond donors (Lipinski definition) is 3. The zero-order valence-electron chi connectivity index (χ0n) is 13.9. The van der Waals surface area contributed by atoms with Crippen molar-refractivity contribution < 1.29 is 19.2 Å². The summed E-state index contributed by atoms with van der Waals surface area (Å²) in [6.45, 7) is 6.31. The van der Waals surface area contributed by atoms with E-state index in [4.69, 9.17) is 9.26 Å². The maximum absolute atomic E-state index is 11.9. The van der Waals surface area contributed by atoms with Gasteiger partial charge in [0, 0.05) is 18.3 Å². The maximum atomic E-state index is 11.9. The van der Waals surface area contributed by atoms with E-state index >= 15 is 0 Å². The van der Waals surface area contributed by atoms with Crippen molar-refractivity contribution in [2.45, 2.75) is 32.9 Å². The molecule has 1 heterocycles. The second kappa shape index (κ2) is 8.42. The molecule has 0 saturated carbocycles. The molecule has 0 fully saturated rings. The van der Waals surface area contributed by atoms with Crippen LogP contribution in [0.15, 0.2) is 28.8 Å². The molecule has 3 N–H and O–H groups in total. The van der Waals surface area contributed by atoms with E-state index in [2.05, 4.69) is 20.8 Å². The number of aryl methyl sites for hydroxylation is 1. The van der Waals surface area contributed by atoms with E-state index in [0.717, 1.165) is 0 Å². The number of carbonyl (C=O) groups excluding carboxylic acids is 1. The fraction of sp³-hybridized carbons (Fsp3) is 0.438. The van der Waals surface area contributed by atoms with E-state index in [1.165, 1.54) is 0 Å². The minimum Gasteiger partial charge on any atom is -0.491 e. The molecule has 8 heteroatoms. The first-order valence-corrected chi connectivity index (χ1v) is 7.70. The fourth-order valence-corrected chi connectivity index (χ4v) is 1.83. The van der Waals surface area contributed by atoms with E-state index < -0.39 is 12.0 Å². The quantitative estimate of drug-likeness (QED) is 0.669. The van der Waals surface area contributed by atoms with Crippen LogP contribution in [0.4, 0.5) is 5.69 Å². The van der Waals surface area contributed by atoms with Gasteiger partial charge in [-0.15, -0.1) is 0 Å². The second-order valence-corrected chi connectivity index (χ2v) is 5.65. The Bertz CT molecular complexity index is 654. The summed E-state index contributed by atoms with van der Waals surface area (Å²) in [5.74, 6) is 0.438. The normalized spacial score (nSPS) is 12.2. The smallest absolute Gasteiger partial charge is 0.316 e. The van der Waals surface area contributed by atoms with Crippen LogP contribution in [0, 0.1) is 6.92 Å². The topological polar surface area (TPSA) is 110 Å². The number of aliphatic hydroxyl groups is 1. The third kappa shape index (κ3) is 5.64. The first-order chi connectivity index (χ1) is 11.4. The molecule has 0 aliphatic carbocycles. The number of aliphatic hydroxyl groups excluding tert-OH is 1. The van der Waals surface area contributed by atoms with Crippen LogP contribution >= 0.6 is 0 Å². The van der Waals surface area contributed by atoms with Crippen molar-refractivity contribution in [2.75, 3.05) is 18.5 Å². The molecule has 24 heavy (non-hydrogen) atoms. The zero-order valence-corrected chi connectivity index (χ0v) is 13.9. The van der Waals surface area contributed by atoms with Gasteiger partial charge in [0.1, 0.15) is 18.5 Å². The fourth-order valence-electron chi connectivity index (χ4n) is 1.83. The van der Waals surface area contributed by atoms with Crippen LogP contribution in [0.5, 0.6) is 5.75 Å². The van der Waals surface area contributed by atoms with Crippen molar-refractivity contribution >= 4 is 11.6 Å². The van der Waals surface area contributed by atoms with Crippen LogP contribution < -0.4 is 15.4 Å². The average molecular weight is 334 g/mol. The van der Waals surface area contributed by atoms with Crippen LogP contribution in [0.25, 0.3) is 0 Å². The molecule has 0 unspecified atom stereocenters. The predicted molar refractivity (Wildman–Crippen MR) is 88.1 cm³/mol. The van der Waals surface area contributed by atoms with E-state index in [9.17, 15) is 9.90 Å². The summed E-state index contributed by atoms with van der Waals surface area (Å²) in [6, 6.07) is 7.10. The van der Waals surface area contributed by atoms with Crippen molar-refractivity contribution in [3.05, 3.63) is 36.0 Å².